The van der Waals surface area contributed by atoms with Gasteiger partial charge in [0.05, 0.1) is 13.2 Å². The summed E-state index contributed by atoms with van der Waals surface area (Å²) >= 11 is 0. The van der Waals surface area contributed by atoms with Crippen molar-refractivity contribution in [2.45, 2.75) is 32.4 Å². The molecule has 8 nitrogen and oxygen atoms in total. The number of rotatable bonds is 5. The quantitative estimate of drug-likeness (QED) is 0.833. The molecule has 22 heavy (non-hydrogen) atoms. The largest absolute Gasteiger partial charge is 0.450 e. The third kappa shape index (κ3) is 4.20. The van der Waals surface area contributed by atoms with Gasteiger partial charge in [0.25, 0.3) is 5.91 Å². The first-order chi connectivity index (χ1) is 10.6. The van der Waals surface area contributed by atoms with Crippen molar-refractivity contribution >= 4 is 12.0 Å². The molecule has 0 bridgehead atoms. The van der Waals surface area contributed by atoms with Gasteiger partial charge in [0, 0.05) is 19.1 Å². The molecule has 1 aliphatic heterocycles. The van der Waals surface area contributed by atoms with Gasteiger partial charge in [-0.3, -0.25) is 4.79 Å². The molecule has 2 rings (SSSR count). The summed E-state index contributed by atoms with van der Waals surface area (Å²) in [5, 5.41) is 5.83. The highest BCUT2D eigenvalue weighted by Gasteiger charge is 2.25. The van der Waals surface area contributed by atoms with Crippen molar-refractivity contribution in [1.29, 1.82) is 0 Å². The van der Waals surface area contributed by atoms with Crippen LogP contribution in [0.1, 0.15) is 36.1 Å². The number of carbonyl (C=O) groups is 2. The molecule has 2 N–H and O–H groups in total. The summed E-state index contributed by atoms with van der Waals surface area (Å²) in [6.07, 6.45) is 2.47. The summed E-state index contributed by atoms with van der Waals surface area (Å²) in [6, 6.07) is 0.0302. The van der Waals surface area contributed by atoms with Crippen LogP contribution in [-0.2, 0) is 11.3 Å². The molecule has 1 saturated heterocycles. The SMILES string of the molecule is CCOC(=O)N1CCC(NC(=O)c2coc(CNC)n2)CC1. The maximum absolute atomic E-state index is 12.1. The van der Waals surface area contributed by atoms with Crippen LogP contribution in [0.2, 0.25) is 0 Å². The van der Waals surface area contributed by atoms with Gasteiger partial charge in [-0.05, 0) is 26.8 Å². The van der Waals surface area contributed by atoms with Crippen molar-refractivity contribution in [3.8, 4) is 0 Å². The molecule has 122 valence electrons. The molecule has 0 unspecified atom stereocenters. The highest BCUT2D eigenvalue weighted by atomic mass is 16.6. The van der Waals surface area contributed by atoms with Crippen LogP contribution in [0, 0.1) is 0 Å². The van der Waals surface area contributed by atoms with Crippen LogP contribution in [0.5, 0.6) is 0 Å². The lowest BCUT2D eigenvalue weighted by Gasteiger charge is -2.31. The van der Waals surface area contributed by atoms with E-state index in [1.54, 1.807) is 18.9 Å². The first kappa shape index (κ1) is 16.3. The van der Waals surface area contributed by atoms with E-state index >= 15 is 0 Å². The van der Waals surface area contributed by atoms with Crippen LogP contribution in [0.4, 0.5) is 4.79 Å². The van der Waals surface area contributed by atoms with E-state index in [9.17, 15) is 9.59 Å². The topological polar surface area (TPSA) is 96.7 Å². The number of hydrogen-bond donors (Lipinski definition) is 2. The normalized spacial score (nSPS) is 15.6. The van der Waals surface area contributed by atoms with E-state index in [0.29, 0.717) is 45.0 Å². The fourth-order valence-corrected chi connectivity index (χ4v) is 2.33. The number of oxazole rings is 1. The molecule has 0 aromatic carbocycles. The Morgan fingerprint density at radius 1 is 1.45 bits per heavy atom. The number of aromatic nitrogens is 1. The second-order valence-corrected chi connectivity index (χ2v) is 5.09. The summed E-state index contributed by atoms with van der Waals surface area (Å²) < 4.78 is 10.2. The van der Waals surface area contributed by atoms with E-state index in [2.05, 4.69) is 15.6 Å². The Bertz CT molecular complexity index is 509. The van der Waals surface area contributed by atoms with Crippen LogP contribution < -0.4 is 10.6 Å². The zero-order valence-corrected chi connectivity index (χ0v) is 12.9. The van der Waals surface area contributed by atoms with Gasteiger partial charge in [-0.2, -0.15) is 0 Å². The van der Waals surface area contributed by atoms with Crippen molar-refractivity contribution in [3.05, 3.63) is 17.8 Å². The monoisotopic (exact) mass is 310 g/mol. The van der Waals surface area contributed by atoms with E-state index < -0.39 is 0 Å². The fraction of sp³-hybridized carbons (Fsp3) is 0.643. The Balaban J connectivity index is 1.79. The molecule has 2 amide bonds. The molecule has 1 aliphatic rings. The second-order valence-electron chi connectivity index (χ2n) is 5.09. The predicted octanol–water partition coefficient (Wildman–Crippen LogP) is 0.745. The zero-order valence-electron chi connectivity index (χ0n) is 12.9. The number of nitrogens with one attached hydrogen (secondary N) is 2. The molecule has 0 aliphatic carbocycles. The first-order valence-electron chi connectivity index (χ1n) is 7.45. The summed E-state index contributed by atoms with van der Waals surface area (Å²) in [4.78, 5) is 29.5. The van der Waals surface area contributed by atoms with Crippen LogP contribution in [0.15, 0.2) is 10.7 Å². The number of likely N-dealkylation sites (tertiary alicyclic amines) is 1. The molecule has 1 aromatic rings. The van der Waals surface area contributed by atoms with Crippen LogP contribution in [-0.4, -0.2) is 54.7 Å². The van der Waals surface area contributed by atoms with E-state index in [1.807, 2.05) is 0 Å². The lowest BCUT2D eigenvalue weighted by Crippen LogP contribution is -2.46. The number of piperidine rings is 1. The van der Waals surface area contributed by atoms with Crippen molar-refractivity contribution in [2.75, 3.05) is 26.7 Å². The van der Waals surface area contributed by atoms with E-state index in [4.69, 9.17) is 9.15 Å². The van der Waals surface area contributed by atoms with E-state index in [-0.39, 0.29) is 23.7 Å². The molecule has 0 spiro atoms. The predicted molar refractivity (Wildman–Crippen MR) is 78.3 cm³/mol. The molecule has 2 heterocycles. The average molecular weight is 310 g/mol. The lowest BCUT2D eigenvalue weighted by atomic mass is 10.1. The molecule has 1 fully saturated rings. The first-order valence-corrected chi connectivity index (χ1v) is 7.45. The van der Waals surface area contributed by atoms with E-state index in [1.165, 1.54) is 6.26 Å². The van der Waals surface area contributed by atoms with Crippen LogP contribution >= 0.6 is 0 Å². The maximum atomic E-state index is 12.1. The van der Waals surface area contributed by atoms with Crippen molar-refractivity contribution < 1.29 is 18.7 Å². The number of ether oxygens (including phenoxy) is 1. The summed E-state index contributed by atoms with van der Waals surface area (Å²) in [6.45, 7) is 3.79. The van der Waals surface area contributed by atoms with Crippen molar-refractivity contribution in [3.63, 3.8) is 0 Å². The molecule has 0 atom stereocenters. The Morgan fingerprint density at radius 2 is 2.18 bits per heavy atom. The van der Waals surface area contributed by atoms with Gasteiger partial charge in [-0.15, -0.1) is 0 Å². The number of amides is 2. The van der Waals surface area contributed by atoms with Gasteiger partial charge in [0.2, 0.25) is 5.89 Å². The molecule has 0 saturated carbocycles. The van der Waals surface area contributed by atoms with Gasteiger partial charge >= 0.3 is 6.09 Å². The molecule has 8 heteroatoms. The molecule has 1 aromatic heterocycles. The standard InChI is InChI=1S/C14H22N4O4/c1-3-21-14(20)18-6-4-10(5-7-18)16-13(19)11-9-22-12(17-11)8-15-2/h9-10,15H,3-8H2,1-2H3,(H,16,19). The number of nitrogens with zero attached hydrogens (tertiary/aromatic N) is 2. The van der Waals surface area contributed by atoms with Crippen LogP contribution in [0.3, 0.4) is 0 Å². The number of carbonyl (C=O) groups excluding carboxylic acids is 2. The smallest absolute Gasteiger partial charge is 0.409 e. The van der Waals surface area contributed by atoms with Gasteiger partial charge in [0.15, 0.2) is 5.69 Å². The van der Waals surface area contributed by atoms with E-state index in [0.717, 1.165) is 0 Å². The number of hydrogen-bond acceptors (Lipinski definition) is 6. The second kappa shape index (κ2) is 7.79. The fourth-order valence-electron chi connectivity index (χ4n) is 2.33. The Kier molecular flexibility index (Phi) is 5.76. The van der Waals surface area contributed by atoms with Gasteiger partial charge in [-0.1, -0.05) is 0 Å². The van der Waals surface area contributed by atoms with Crippen molar-refractivity contribution in [2.24, 2.45) is 0 Å². The minimum absolute atomic E-state index is 0.0302. The minimum atomic E-state index is -0.291. The van der Waals surface area contributed by atoms with Crippen LogP contribution in [0.25, 0.3) is 0 Å². The average Bonchev–Trinajstić information content (AvgIpc) is 2.97. The molecular weight excluding hydrogens is 288 g/mol. The Labute approximate surface area is 129 Å². The zero-order chi connectivity index (χ0) is 15.9. The van der Waals surface area contributed by atoms with Crippen molar-refractivity contribution in [1.82, 2.24) is 20.5 Å². The molecular formula is C14H22N4O4. The minimum Gasteiger partial charge on any atom is -0.450 e. The maximum Gasteiger partial charge on any atom is 0.409 e. The third-order valence-electron chi connectivity index (χ3n) is 3.47. The molecule has 0 radical (unpaired) electrons. The third-order valence-corrected chi connectivity index (χ3v) is 3.47. The highest BCUT2D eigenvalue weighted by Crippen LogP contribution is 2.12. The summed E-state index contributed by atoms with van der Waals surface area (Å²) in [5.41, 5.74) is 0.276. The van der Waals surface area contributed by atoms with Gasteiger partial charge in [0.1, 0.15) is 6.26 Å². The van der Waals surface area contributed by atoms with Gasteiger partial charge < -0.3 is 24.7 Å². The summed E-state index contributed by atoms with van der Waals surface area (Å²) in [7, 11) is 1.78. The highest BCUT2D eigenvalue weighted by molar-refractivity contribution is 5.92. The Morgan fingerprint density at radius 3 is 2.82 bits per heavy atom. The summed E-state index contributed by atoms with van der Waals surface area (Å²) in [5.74, 6) is 0.227. The Hall–Kier alpha value is -2.09. The lowest BCUT2D eigenvalue weighted by molar-refractivity contribution is 0.0856. The van der Waals surface area contributed by atoms with Gasteiger partial charge in [-0.25, -0.2) is 9.78 Å².